The third-order valence-corrected chi connectivity index (χ3v) is 2.74. The van der Waals surface area contributed by atoms with Gasteiger partial charge in [0.1, 0.15) is 0 Å². The fraction of sp³-hybridized carbons (Fsp3) is 0.0769. The van der Waals surface area contributed by atoms with Crippen LogP contribution in [0.5, 0.6) is 0 Å². The molecule has 2 aromatic rings. The smallest absolute Gasteiger partial charge is 0.271 e. The van der Waals surface area contributed by atoms with Gasteiger partial charge in [0.05, 0.1) is 22.2 Å². The highest BCUT2D eigenvalue weighted by Crippen LogP contribution is 2.26. The highest BCUT2D eigenvalue weighted by Gasteiger charge is 2.09. The van der Waals surface area contributed by atoms with Crippen molar-refractivity contribution in [2.24, 2.45) is 0 Å². The molecule has 2 rings (SSSR count). The fourth-order valence-electron chi connectivity index (χ4n) is 1.47. The van der Waals surface area contributed by atoms with Crippen molar-refractivity contribution < 1.29 is 9.76 Å². The van der Waals surface area contributed by atoms with Crippen molar-refractivity contribution in [3.05, 3.63) is 69.2 Å². The van der Waals surface area contributed by atoms with Gasteiger partial charge in [0.2, 0.25) is 0 Å². The first-order valence-corrected chi connectivity index (χ1v) is 5.90. The van der Waals surface area contributed by atoms with E-state index >= 15 is 0 Å². The van der Waals surface area contributed by atoms with Gasteiger partial charge < -0.3 is 0 Å². The van der Waals surface area contributed by atoms with Crippen molar-refractivity contribution >= 4 is 23.0 Å². The number of hydrogen-bond donors (Lipinski definition) is 1. The third kappa shape index (κ3) is 3.67. The molecule has 6 heteroatoms. The van der Waals surface area contributed by atoms with Gasteiger partial charge in [-0.15, -0.1) is 0 Å². The van der Waals surface area contributed by atoms with Crippen LogP contribution in [-0.2, 0) is 11.4 Å². The van der Waals surface area contributed by atoms with Gasteiger partial charge >= 0.3 is 0 Å². The number of hydrogen-bond acceptors (Lipinski definition) is 4. The molecule has 5 nitrogen and oxygen atoms in total. The summed E-state index contributed by atoms with van der Waals surface area (Å²) < 4.78 is 0. The van der Waals surface area contributed by atoms with Gasteiger partial charge in [-0.3, -0.25) is 20.4 Å². The van der Waals surface area contributed by atoms with Crippen molar-refractivity contribution in [2.45, 2.75) is 6.61 Å². The molecule has 0 spiro atoms. The monoisotopic (exact) mass is 278 g/mol. The van der Waals surface area contributed by atoms with Gasteiger partial charge in [-0.2, -0.15) is 0 Å². The number of anilines is 1. The van der Waals surface area contributed by atoms with Crippen LogP contribution in [0.3, 0.4) is 0 Å². The van der Waals surface area contributed by atoms with E-state index in [1.54, 1.807) is 0 Å². The molecule has 98 valence electrons. The number of nitrogens with one attached hydrogen (secondary N) is 1. The van der Waals surface area contributed by atoms with Crippen LogP contribution >= 0.6 is 11.6 Å². The lowest BCUT2D eigenvalue weighted by molar-refractivity contribution is -0.384. The highest BCUT2D eigenvalue weighted by molar-refractivity contribution is 6.33. The zero-order valence-electron chi connectivity index (χ0n) is 9.88. The summed E-state index contributed by atoms with van der Waals surface area (Å²) in [5.74, 6) is 0. The maximum Gasteiger partial charge on any atom is 0.271 e. The number of halogens is 1. The van der Waals surface area contributed by atoms with E-state index in [0.29, 0.717) is 12.3 Å². The molecule has 19 heavy (non-hydrogen) atoms. The molecule has 0 saturated carbocycles. The Labute approximate surface area is 114 Å². The minimum absolute atomic E-state index is 0.0568. The number of benzene rings is 2. The average Bonchev–Trinajstić information content (AvgIpc) is 2.41. The standard InChI is InChI=1S/C13H11ClN2O3/c14-12-8-11(16(17)18)6-7-13(12)15-19-9-10-4-2-1-3-5-10/h1-8,15H,9H2. The van der Waals surface area contributed by atoms with Crippen molar-refractivity contribution in [3.63, 3.8) is 0 Å². The number of nitrogens with zero attached hydrogens (tertiary/aromatic N) is 1. The molecule has 0 atom stereocenters. The Balaban J connectivity index is 1.95. The zero-order chi connectivity index (χ0) is 13.7. The normalized spacial score (nSPS) is 10.2. The predicted molar refractivity (Wildman–Crippen MR) is 73.0 cm³/mol. The molecule has 1 N–H and O–H groups in total. The van der Waals surface area contributed by atoms with E-state index in [9.17, 15) is 10.1 Å². The first-order chi connectivity index (χ1) is 9.16. The largest absolute Gasteiger partial charge is 0.271 e. The molecule has 0 aromatic heterocycles. The Bertz CT molecular complexity index is 575. The van der Waals surface area contributed by atoms with Crippen molar-refractivity contribution in [1.29, 1.82) is 0 Å². The molecule has 2 aromatic carbocycles. The lowest BCUT2D eigenvalue weighted by Crippen LogP contribution is -2.02. The molecular formula is C13H11ClN2O3. The summed E-state index contributed by atoms with van der Waals surface area (Å²) in [5, 5.41) is 10.8. The van der Waals surface area contributed by atoms with Gasteiger partial charge in [0.25, 0.3) is 5.69 Å². The number of non-ortho nitro benzene ring substituents is 1. The molecule has 0 saturated heterocycles. The summed E-state index contributed by atoms with van der Waals surface area (Å²) in [6.07, 6.45) is 0. The Morgan fingerprint density at radius 3 is 2.58 bits per heavy atom. The van der Waals surface area contributed by atoms with E-state index in [-0.39, 0.29) is 10.7 Å². The Morgan fingerprint density at radius 2 is 1.95 bits per heavy atom. The molecule has 0 radical (unpaired) electrons. The predicted octanol–water partition coefficient (Wildman–Crippen LogP) is 3.79. The van der Waals surface area contributed by atoms with Gasteiger partial charge in [-0.1, -0.05) is 41.9 Å². The molecular weight excluding hydrogens is 268 g/mol. The van der Waals surface area contributed by atoms with E-state index in [2.05, 4.69) is 5.48 Å². The van der Waals surface area contributed by atoms with E-state index in [1.165, 1.54) is 18.2 Å². The van der Waals surface area contributed by atoms with E-state index in [1.807, 2.05) is 30.3 Å². The zero-order valence-corrected chi connectivity index (χ0v) is 10.6. The van der Waals surface area contributed by atoms with Crippen LogP contribution in [0.4, 0.5) is 11.4 Å². The molecule has 0 aliphatic carbocycles. The summed E-state index contributed by atoms with van der Waals surface area (Å²) in [6.45, 7) is 0.369. The third-order valence-electron chi connectivity index (χ3n) is 2.43. The number of rotatable bonds is 5. The summed E-state index contributed by atoms with van der Waals surface area (Å²) >= 11 is 5.91. The highest BCUT2D eigenvalue weighted by atomic mass is 35.5. The lowest BCUT2D eigenvalue weighted by atomic mass is 10.2. The molecule has 0 amide bonds. The van der Waals surface area contributed by atoms with Gasteiger partial charge in [-0.25, -0.2) is 0 Å². The lowest BCUT2D eigenvalue weighted by Gasteiger charge is -2.08. The van der Waals surface area contributed by atoms with E-state index in [0.717, 1.165) is 5.56 Å². The van der Waals surface area contributed by atoms with Gasteiger partial charge in [-0.05, 0) is 11.6 Å². The molecule has 0 heterocycles. The second-order valence-corrected chi connectivity index (χ2v) is 4.20. The van der Waals surface area contributed by atoms with Crippen LogP contribution in [0.25, 0.3) is 0 Å². The van der Waals surface area contributed by atoms with Crippen molar-refractivity contribution in [2.75, 3.05) is 5.48 Å². The molecule has 0 aliphatic rings. The topological polar surface area (TPSA) is 64.4 Å². The van der Waals surface area contributed by atoms with Crippen LogP contribution in [0.1, 0.15) is 5.56 Å². The number of nitro groups is 1. The quantitative estimate of drug-likeness (QED) is 0.667. The summed E-state index contributed by atoms with van der Waals surface area (Å²) in [4.78, 5) is 15.3. The van der Waals surface area contributed by atoms with Gasteiger partial charge in [0.15, 0.2) is 0 Å². The van der Waals surface area contributed by atoms with Gasteiger partial charge in [0, 0.05) is 12.1 Å². The summed E-state index contributed by atoms with van der Waals surface area (Å²) in [5.41, 5.74) is 4.11. The Hall–Kier alpha value is -2.11. The van der Waals surface area contributed by atoms with Crippen LogP contribution in [0.2, 0.25) is 5.02 Å². The SMILES string of the molecule is O=[N+]([O-])c1ccc(NOCc2ccccc2)c(Cl)c1. The molecule has 0 fully saturated rings. The van der Waals surface area contributed by atoms with E-state index < -0.39 is 4.92 Å². The Morgan fingerprint density at radius 1 is 1.21 bits per heavy atom. The summed E-state index contributed by atoms with van der Waals surface area (Å²) in [6, 6.07) is 13.7. The first-order valence-electron chi connectivity index (χ1n) is 5.52. The number of nitro benzene ring substituents is 1. The minimum Gasteiger partial charge on any atom is -0.271 e. The average molecular weight is 279 g/mol. The molecule has 0 bridgehead atoms. The molecule has 0 aliphatic heterocycles. The maximum atomic E-state index is 10.6. The molecule has 0 unspecified atom stereocenters. The van der Waals surface area contributed by atoms with Crippen LogP contribution in [0, 0.1) is 10.1 Å². The first kappa shape index (κ1) is 13.3. The minimum atomic E-state index is -0.500. The summed E-state index contributed by atoms with van der Waals surface area (Å²) in [7, 11) is 0. The van der Waals surface area contributed by atoms with Crippen LogP contribution in [-0.4, -0.2) is 4.92 Å². The van der Waals surface area contributed by atoms with Crippen molar-refractivity contribution in [3.8, 4) is 0 Å². The Kier molecular flexibility index (Phi) is 4.33. The maximum absolute atomic E-state index is 10.6. The van der Waals surface area contributed by atoms with E-state index in [4.69, 9.17) is 16.4 Å². The second-order valence-electron chi connectivity index (χ2n) is 3.80. The van der Waals surface area contributed by atoms with Crippen molar-refractivity contribution in [1.82, 2.24) is 0 Å². The van der Waals surface area contributed by atoms with Crippen LogP contribution in [0.15, 0.2) is 48.5 Å². The fourth-order valence-corrected chi connectivity index (χ4v) is 1.69. The van der Waals surface area contributed by atoms with Crippen LogP contribution < -0.4 is 5.48 Å². The second kappa shape index (κ2) is 6.17.